The average Bonchev–Trinajstić information content (AvgIpc) is 3.29. The van der Waals surface area contributed by atoms with E-state index in [4.69, 9.17) is 18.9 Å². The van der Waals surface area contributed by atoms with Crippen LogP contribution >= 0.6 is 11.8 Å². The molecule has 0 aliphatic rings. The van der Waals surface area contributed by atoms with Crippen molar-refractivity contribution in [2.45, 2.75) is 24.4 Å². The van der Waals surface area contributed by atoms with Gasteiger partial charge < -0.3 is 13.9 Å². The van der Waals surface area contributed by atoms with Gasteiger partial charge in [-0.3, -0.25) is 9.36 Å². The maximum absolute atomic E-state index is 13.3. The molecule has 0 saturated carbocycles. The number of benzene rings is 2. The molecule has 0 bridgehead atoms. The quantitative estimate of drug-likeness (QED) is 0.222. The first-order chi connectivity index (χ1) is 15.6. The van der Waals surface area contributed by atoms with Crippen LogP contribution in [-0.2, 0) is 17.0 Å². The maximum Gasteiger partial charge on any atom is 0.341 e. The maximum atomic E-state index is 13.3. The number of hydrogen-bond acceptors (Lipinski definition) is 7. The normalized spacial score (nSPS) is 10.9. The van der Waals surface area contributed by atoms with Crippen molar-refractivity contribution < 1.29 is 18.7 Å². The molecule has 0 saturated heterocycles. The van der Waals surface area contributed by atoms with Gasteiger partial charge in [-0.25, -0.2) is 9.78 Å². The van der Waals surface area contributed by atoms with E-state index in [0.717, 1.165) is 11.3 Å². The molecular weight excluding hydrogens is 428 g/mol. The van der Waals surface area contributed by atoms with E-state index in [1.54, 1.807) is 30.7 Å². The lowest BCUT2D eigenvalue weighted by molar-refractivity contribution is 0.0524. The van der Waals surface area contributed by atoms with Gasteiger partial charge in [0.2, 0.25) is 0 Å². The second-order valence-electron chi connectivity index (χ2n) is 6.92. The third kappa shape index (κ3) is 4.55. The number of carbonyl (C=O) groups excluding carboxylic acids is 1. The Morgan fingerprint density at radius 1 is 1.12 bits per heavy atom. The van der Waals surface area contributed by atoms with Crippen LogP contribution in [0.25, 0.3) is 10.9 Å². The highest BCUT2D eigenvalue weighted by molar-refractivity contribution is 7.98. The summed E-state index contributed by atoms with van der Waals surface area (Å²) in [6, 6.07) is 16.4. The van der Waals surface area contributed by atoms with E-state index in [9.17, 15) is 9.59 Å². The number of aromatic nitrogens is 2. The fourth-order valence-electron chi connectivity index (χ4n) is 3.28. The van der Waals surface area contributed by atoms with Crippen molar-refractivity contribution in [3.63, 3.8) is 0 Å². The van der Waals surface area contributed by atoms with E-state index >= 15 is 0 Å². The molecule has 4 rings (SSSR count). The first kappa shape index (κ1) is 21.7. The molecule has 2 aromatic carbocycles. The molecule has 8 heteroatoms. The van der Waals surface area contributed by atoms with Gasteiger partial charge in [0.15, 0.2) is 5.16 Å². The molecule has 0 spiro atoms. The van der Waals surface area contributed by atoms with Gasteiger partial charge >= 0.3 is 5.97 Å². The number of hydrogen-bond donors (Lipinski definition) is 0. The number of esters is 1. The summed E-state index contributed by atoms with van der Waals surface area (Å²) in [6.45, 7) is 2.39. The van der Waals surface area contributed by atoms with Gasteiger partial charge in [-0.15, -0.1) is 0 Å². The van der Waals surface area contributed by atoms with Crippen LogP contribution in [0.2, 0.25) is 0 Å². The van der Waals surface area contributed by atoms with Crippen LogP contribution in [0.3, 0.4) is 0 Å². The van der Waals surface area contributed by atoms with E-state index in [0.29, 0.717) is 39.7 Å². The minimum absolute atomic E-state index is 0.126. The fraction of sp³-hybridized carbons (Fsp3) is 0.208. The average molecular weight is 451 g/mol. The van der Waals surface area contributed by atoms with Crippen molar-refractivity contribution in [1.82, 2.24) is 9.55 Å². The third-order valence-electron chi connectivity index (χ3n) is 4.90. The van der Waals surface area contributed by atoms with Gasteiger partial charge in [0.25, 0.3) is 5.56 Å². The number of ether oxygens (including phenoxy) is 2. The van der Waals surface area contributed by atoms with Crippen molar-refractivity contribution in [1.29, 1.82) is 0 Å². The number of furan rings is 1. The summed E-state index contributed by atoms with van der Waals surface area (Å²) < 4.78 is 17.5. The second kappa shape index (κ2) is 9.74. The molecule has 7 nitrogen and oxygen atoms in total. The third-order valence-corrected chi connectivity index (χ3v) is 5.88. The molecule has 0 aliphatic heterocycles. The summed E-state index contributed by atoms with van der Waals surface area (Å²) in [4.78, 5) is 30.2. The zero-order valence-corrected chi connectivity index (χ0v) is 18.6. The monoisotopic (exact) mass is 450 g/mol. The summed E-state index contributed by atoms with van der Waals surface area (Å²) in [6.07, 6.45) is 1.46. The zero-order valence-electron chi connectivity index (χ0n) is 17.7. The highest BCUT2D eigenvalue weighted by Crippen LogP contribution is 2.26. The number of fused-ring (bicyclic) bond motifs is 1. The highest BCUT2D eigenvalue weighted by atomic mass is 32.2. The Morgan fingerprint density at radius 3 is 2.66 bits per heavy atom. The van der Waals surface area contributed by atoms with Gasteiger partial charge in [-0.1, -0.05) is 36.0 Å². The summed E-state index contributed by atoms with van der Waals surface area (Å²) >= 11 is 1.34. The lowest BCUT2D eigenvalue weighted by Crippen LogP contribution is -2.24. The molecule has 0 atom stereocenters. The minimum atomic E-state index is -0.432. The Balaban J connectivity index is 1.68. The lowest BCUT2D eigenvalue weighted by atomic mass is 10.2. The standard InChI is InChI=1S/C24H22N2O5S/c1-3-30-23(28)19-12-13-31-21(19)15-32-24-25-20-7-5-4-6-18(20)22(27)26(24)14-16-8-10-17(29-2)11-9-16/h4-13H,3,14-15H2,1-2H3. The van der Waals surface area contributed by atoms with Gasteiger partial charge in [0.05, 0.1) is 43.2 Å². The number of carbonyl (C=O) groups is 1. The van der Waals surface area contributed by atoms with Crippen molar-refractivity contribution >= 4 is 28.6 Å². The highest BCUT2D eigenvalue weighted by Gasteiger charge is 2.18. The molecule has 32 heavy (non-hydrogen) atoms. The van der Waals surface area contributed by atoms with Gasteiger partial charge in [0.1, 0.15) is 17.1 Å². The van der Waals surface area contributed by atoms with Crippen molar-refractivity contribution in [2.24, 2.45) is 0 Å². The van der Waals surface area contributed by atoms with Gasteiger partial charge in [0, 0.05) is 0 Å². The smallest absolute Gasteiger partial charge is 0.341 e. The molecule has 164 valence electrons. The van der Waals surface area contributed by atoms with E-state index in [1.165, 1.54) is 18.0 Å². The number of thioether (sulfide) groups is 1. The fourth-order valence-corrected chi connectivity index (χ4v) is 4.23. The molecular formula is C24H22N2O5S. The minimum Gasteiger partial charge on any atom is -0.497 e. The Hall–Kier alpha value is -3.52. The number of para-hydroxylation sites is 1. The molecule has 0 aliphatic carbocycles. The Morgan fingerprint density at radius 2 is 1.91 bits per heavy atom. The number of nitrogens with zero attached hydrogens (tertiary/aromatic N) is 2. The van der Waals surface area contributed by atoms with Crippen LogP contribution in [0.5, 0.6) is 5.75 Å². The first-order valence-corrected chi connectivity index (χ1v) is 11.1. The van der Waals surface area contributed by atoms with Gasteiger partial charge in [-0.2, -0.15) is 0 Å². The number of methoxy groups -OCH3 is 1. The van der Waals surface area contributed by atoms with Crippen LogP contribution in [0.1, 0.15) is 28.6 Å². The molecule has 0 fully saturated rings. The van der Waals surface area contributed by atoms with E-state index in [-0.39, 0.29) is 12.2 Å². The predicted molar refractivity (Wildman–Crippen MR) is 122 cm³/mol. The SMILES string of the molecule is CCOC(=O)c1ccoc1CSc1nc2ccccc2c(=O)n1Cc1ccc(OC)cc1. The predicted octanol–water partition coefficient (Wildman–Crippen LogP) is 4.52. The topological polar surface area (TPSA) is 83.6 Å². The molecule has 0 amide bonds. The van der Waals surface area contributed by atoms with E-state index in [1.807, 2.05) is 42.5 Å². The first-order valence-electron chi connectivity index (χ1n) is 10.1. The zero-order chi connectivity index (χ0) is 22.5. The van der Waals surface area contributed by atoms with Crippen molar-refractivity contribution in [3.8, 4) is 5.75 Å². The van der Waals surface area contributed by atoms with E-state index in [2.05, 4.69) is 0 Å². The van der Waals surface area contributed by atoms with Crippen molar-refractivity contribution in [2.75, 3.05) is 13.7 Å². The summed E-state index contributed by atoms with van der Waals surface area (Å²) in [7, 11) is 1.61. The Bertz CT molecular complexity index is 1290. The van der Waals surface area contributed by atoms with Crippen LogP contribution in [0, 0.1) is 0 Å². The molecule has 2 heterocycles. The van der Waals surface area contributed by atoms with Crippen LogP contribution < -0.4 is 10.3 Å². The van der Waals surface area contributed by atoms with E-state index < -0.39 is 5.97 Å². The van der Waals surface area contributed by atoms with Crippen molar-refractivity contribution in [3.05, 3.63) is 88.1 Å². The molecule has 0 N–H and O–H groups in total. The Kier molecular flexibility index (Phi) is 6.61. The summed E-state index contributed by atoms with van der Waals surface area (Å²) in [5, 5.41) is 1.09. The second-order valence-corrected chi connectivity index (χ2v) is 7.86. The molecule has 0 unspecified atom stereocenters. The largest absolute Gasteiger partial charge is 0.497 e. The molecule has 0 radical (unpaired) electrons. The lowest BCUT2D eigenvalue weighted by Gasteiger charge is -2.13. The van der Waals surface area contributed by atoms with Gasteiger partial charge in [-0.05, 0) is 42.8 Å². The number of rotatable bonds is 8. The molecule has 2 aromatic heterocycles. The van der Waals surface area contributed by atoms with Crippen LogP contribution in [0.4, 0.5) is 0 Å². The Labute approximate surface area is 189 Å². The van der Waals surface area contributed by atoms with Crippen LogP contribution in [0.15, 0.2) is 75.2 Å². The summed E-state index contributed by atoms with van der Waals surface area (Å²) in [5.41, 5.74) is 1.82. The molecule has 4 aromatic rings. The van der Waals surface area contributed by atoms with Crippen LogP contribution in [-0.4, -0.2) is 29.2 Å². The summed E-state index contributed by atoms with van der Waals surface area (Å²) in [5.74, 6) is 1.12.